The first-order valence-electron chi connectivity index (χ1n) is 9.23. The normalized spacial score (nSPS) is 12.1. The molecule has 1 N–H and O–H groups in total. The van der Waals surface area contributed by atoms with Crippen LogP contribution in [0, 0.1) is 0 Å². The smallest absolute Gasteiger partial charge is 0.335 e. The molecule has 0 saturated heterocycles. The summed E-state index contributed by atoms with van der Waals surface area (Å²) in [7, 11) is -1.17. The maximum atomic E-state index is 11.4. The van der Waals surface area contributed by atoms with Crippen LogP contribution in [0.1, 0.15) is 21.6 Å². The van der Waals surface area contributed by atoms with Crippen molar-refractivity contribution < 1.29 is 14.6 Å². The Morgan fingerprint density at radius 3 is 2.61 bits per heavy atom. The lowest BCUT2D eigenvalue weighted by molar-refractivity contribution is 0.0696. The van der Waals surface area contributed by atoms with Gasteiger partial charge in [0.1, 0.15) is 6.73 Å². The van der Waals surface area contributed by atoms with Crippen LogP contribution >= 0.6 is 0 Å². The van der Waals surface area contributed by atoms with Gasteiger partial charge < -0.3 is 9.84 Å². The Balaban J connectivity index is 1.89. The first-order valence-corrected chi connectivity index (χ1v) is 12.9. The fourth-order valence-corrected chi connectivity index (χ4v) is 3.49. The third-order valence-corrected chi connectivity index (χ3v) is 6.08. The van der Waals surface area contributed by atoms with Gasteiger partial charge in [-0.2, -0.15) is 5.10 Å². The second-order valence-corrected chi connectivity index (χ2v) is 13.5. The number of carboxylic acids is 1. The zero-order valence-electron chi connectivity index (χ0n) is 16.4. The Morgan fingerprint density at radius 1 is 1.18 bits per heavy atom. The van der Waals surface area contributed by atoms with Crippen molar-refractivity contribution in [1.29, 1.82) is 0 Å². The van der Waals surface area contributed by atoms with E-state index >= 15 is 0 Å². The van der Waals surface area contributed by atoms with Crippen molar-refractivity contribution >= 4 is 37.1 Å². The molecule has 0 bridgehead atoms. The highest BCUT2D eigenvalue weighted by Gasteiger charge is 2.14. The van der Waals surface area contributed by atoms with E-state index < -0.39 is 14.0 Å². The molecule has 0 unspecified atom stereocenters. The minimum atomic E-state index is -1.17. The average Bonchev–Trinajstić information content (AvgIpc) is 3.01. The van der Waals surface area contributed by atoms with Crippen LogP contribution in [-0.4, -0.2) is 40.5 Å². The Morgan fingerprint density at radius 2 is 1.93 bits per heavy atom. The fourth-order valence-electron chi connectivity index (χ4n) is 2.73. The molecule has 0 amide bonds. The predicted octanol–water partition coefficient (Wildman–Crippen LogP) is 4.61. The minimum absolute atomic E-state index is 0.236. The van der Waals surface area contributed by atoms with Crippen molar-refractivity contribution in [3.8, 4) is 0 Å². The van der Waals surface area contributed by atoms with Crippen LogP contribution in [0.5, 0.6) is 0 Å². The molecule has 2 heterocycles. The van der Waals surface area contributed by atoms with Gasteiger partial charge in [0.05, 0.1) is 16.8 Å². The van der Waals surface area contributed by atoms with Crippen molar-refractivity contribution in [2.75, 3.05) is 6.61 Å². The SMILES string of the molecule is C[Si](C)(C)CCOCn1nc(/C=C/c2ccncc2)c2ccc(C(=O)O)cc21. The molecule has 2 aromatic heterocycles. The second-order valence-electron chi connectivity index (χ2n) is 7.88. The van der Waals surface area contributed by atoms with Gasteiger partial charge in [-0.3, -0.25) is 4.98 Å². The van der Waals surface area contributed by atoms with E-state index in [2.05, 4.69) is 29.7 Å². The number of hydrogen-bond donors (Lipinski definition) is 1. The summed E-state index contributed by atoms with van der Waals surface area (Å²) < 4.78 is 7.57. The summed E-state index contributed by atoms with van der Waals surface area (Å²) in [5.41, 5.74) is 2.78. The highest BCUT2D eigenvalue weighted by molar-refractivity contribution is 6.76. The number of fused-ring (bicyclic) bond motifs is 1. The summed E-state index contributed by atoms with van der Waals surface area (Å²) in [6, 6.07) is 9.95. The second kappa shape index (κ2) is 8.49. The number of benzene rings is 1. The molecule has 0 spiro atoms. The first kappa shape index (κ1) is 20.0. The number of nitrogens with zero attached hydrogens (tertiary/aromatic N) is 3. The van der Waals surface area contributed by atoms with Gasteiger partial charge >= 0.3 is 5.97 Å². The molecular weight excluding hydrogens is 370 g/mol. The summed E-state index contributed by atoms with van der Waals surface area (Å²) in [5, 5.41) is 14.9. The molecule has 0 atom stereocenters. The van der Waals surface area contributed by atoms with Crippen LogP contribution in [0.2, 0.25) is 25.7 Å². The maximum absolute atomic E-state index is 11.4. The number of pyridine rings is 1. The Labute approximate surface area is 165 Å². The van der Waals surface area contributed by atoms with Gasteiger partial charge in [-0.25, -0.2) is 9.48 Å². The number of rotatable bonds is 8. The van der Waals surface area contributed by atoms with E-state index in [-0.39, 0.29) is 5.56 Å². The Kier molecular flexibility index (Phi) is 6.06. The third-order valence-electron chi connectivity index (χ3n) is 4.38. The van der Waals surface area contributed by atoms with E-state index in [1.54, 1.807) is 35.3 Å². The molecule has 0 fully saturated rings. The largest absolute Gasteiger partial charge is 0.478 e. The van der Waals surface area contributed by atoms with E-state index in [1.807, 2.05) is 24.3 Å². The van der Waals surface area contributed by atoms with Crippen LogP contribution in [0.3, 0.4) is 0 Å². The number of hydrogen-bond acceptors (Lipinski definition) is 4. The van der Waals surface area contributed by atoms with Gasteiger partial charge in [0.2, 0.25) is 0 Å². The molecule has 0 aliphatic heterocycles. The van der Waals surface area contributed by atoms with Gasteiger partial charge in [-0.1, -0.05) is 25.7 Å². The van der Waals surface area contributed by atoms with Crippen LogP contribution in [0.15, 0.2) is 42.7 Å². The zero-order valence-corrected chi connectivity index (χ0v) is 17.4. The van der Waals surface area contributed by atoms with E-state index in [4.69, 9.17) is 4.74 Å². The number of carboxylic acid groups (broad SMARTS) is 1. The molecule has 0 aliphatic carbocycles. The van der Waals surface area contributed by atoms with E-state index in [1.165, 1.54) is 0 Å². The van der Waals surface area contributed by atoms with Crippen molar-refractivity contribution in [2.45, 2.75) is 32.4 Å². The molecule has 7 heteroatoms. The first-order chi connectivity index (χ1) is 13.3. The summed E-state index contributed by atoms with van der Waals surface area (Å²) in [4.78, 5) is 15.4. The Hall–Kier alpha value is -2.77. The van der Waals surface area contributed by atoms with Crippen LogP contribution in [0.25, 0.3) is 23.1 Å². The van der Waals surface area contributed by atoms with Crippen molar-refractivity contribution in [3.05, 3.63) is 59.5 Å². The maximum Gasteiger partial charge on any atom is 0.335 e. The van der Waals surface area contributed by atoms with Crippen LogP contribution in [0.4, 0.5) is 0 Å². The molecule has 28 heavy (non-hydrogen) atoms. The zero-order chi connectivity index (χ0) is 20.1. The van der Waals surface area contributed by atoms with Gasteiger partial charge in [-0.05, 0) is 48.0 Å². The molecule has 0 aliphatic rings. The van der Waals surface area contributed by atoms with Crippen LogP contribution < -0.4 is 0 Å². The van der Waals surface area contributed by atoms with Crippen molar-refractivity contribution in [3.63, 3.8) is 0 Å². The monoisotopic (exact) mass is 395 g/mol. The number of aromatic carboxylic acids is 1. The minimum Gasteiger partial charge on any atom is -0.478 e. The Bertz CT molecular complexity index is 991. The predicted molar refractivity (Wildman–Crippen MR) is 114 cm³/mol. The van der Waals surface area contributed by atoms with Gasteiger partial charge in [0, 0.05) is 32.5 Å². The summed E-state index contributed by atoms with van der Waals surface area (Å²) in [6.45, 7) is 7.90. The molecule has 0 radical (unpaired) electrons. The highest BCUT2D eigenvalue weighted by Crippen LogP contribution is 2.23. The lowest BCUT2D eigenvalue weighted by atomic mass is 10.1. The van der Waals surface area contributed by atoms with E-state index in [9.17, 15) is 9.90 Å². The van der Waals surface area contributed by atoms with Crippen LogP contribution in [-0.2, 0) is 11.5 Å². The summed E-state index contributed by atoms with van der Waals surface area (Å²) >= 11 is 0. The van der Waals surface area contributed by atoms with E-state index in [0.717, 1.165) is 28.2 Å². The number of aromatic nitrogens is 3. The fraction of sp³-hybridized carbons (Fsp3) is 0.286. The summed E-state index contributed by atoms with van der Waals surface area (Å²) in [6.07, 6.45) is 7.37. The average molecular weight is 396 g/mol. The molecule has 6 nitrogen and oxygen atoms in total. The lowest BCUT2D eigenvalue weighted by Gasteiger charge is -2.15. The molecule has 0 saturated carbocycles. The molecule has 1 aromatic carbocycles. The third kappa shape index (κ3) is 5.14. The standard InChI is InChI=1S/C21H25N3O3Si/c1-28(2,3)13-12-27-15-24-20-14-17(21(25)26)5-6-18(20)19(23-24)7-4-16-8-10-22-11-9-16/h4-11,14H,12-13,15H2,1-3H3,(H,25,26)/b7-4+. The van der Waals surface area contributed by atoms with Crippen molar-refractivity contribution in [2.24, 2.45) is 0 Å². The quantitative estimate of drug-likeness (QED) is 0.445. The molecule has 3 rings (SSSR count). The van der Waals surface area contributed by atoms with Gasteiger partial charge in [0.25, 0.3) is 0 Å². The number of carbonyl (C=O) groups is 1. The molecule has 146 valence electrons. The highest BCUT2D eigenvalue weighted by atomic mass is 28.3. The van der Waals surface area contributed by atoms with Crippen molar-refractivity contribution in [1.82, 2.24) is 14.8 Å². The van der Waals surface area contributed by atoms with Gasteiger partial charge in [-0.15, -0.1) is 0 Å². The topological polar surface area (TPSA) is 77.2 Å². The lowest BCUT2D eigenvalue weighted by Crippen LogP contribution is -2.22. The summed E-state index contributed by atoms with van der Waals surface area (Å²) in [5.74, 6) is -0.955. The van der Waals surface area contributed by atoms with E-state index in [0.29, 0.717) is 13.3 Å². The van der Waals surface area contributed by atoms with Gasteiger partial charge in [0.15, 0.2) is 0 Å². The number of ether oxygens (including phenoxy) is 1. The molecule has 3 aromatic rings. The molecular formula is C21H25N3O3Si.